The summed E-state index contributed by atoms with van der Waals surface area (Å²) in [6, 6.07) is 11.8. The highest BCUT2D eigenvalue weighted by molar-refractivity contribution is 5.20. The van der Waals surface area contributed by atoms with Crippen molar-refractivity contribution in [3.8, 4) is 0 Å². The maximum Gasteiger partial charge on any atom is 0.0620 e. The van der Waals surface area contributed by atoms with Gasteiger partial charge in [0, 0.05) is 18.7 Å². The molecule has 0 spiro atoms. The first kappa shape index (κ1) is 13.6. The van der Waals surface area contributed by atoms with Crippen molar-refractivity contribution in [3.05, 3.63) is 35.9 Å². The van der Waals surface area contributed by atoms with Crippen molar-refractivity contribution in [2.24, 2.45) is 5.92 Å². The Labute approximate surface area is 111 Å². The summed E-state index contributed by atoms with van der Waals surface area (Å²) in [5, 5.41) is 3.81. The van der Waals surface area contributed by atoms with Crippen LogP contribution in [0.15, 0.2) is 30.3 Å². The van der Waals surface area contributed by atoms with E-state index < -0.39 is 0 Å². The molecule has 0 aliphatic carbocycles. The summed E-state index contributed by atoms with van der Waals surface area (Å²) >= 11 is 0. The normalized spacial score (nSPS) is 21.4. The molecule has 18 heavy (non-hydrogen) atoms. The fourth-order valence-electron chi connectivity index (χ4n) is 2.84. The Hall–Kier alpha value is -0.860. The van der Waals surface area contributed by atoms with Crippen LogP contribution in [0.4, 0.5) is 0 Å². The lowest BCUT2D eigenvalue weighted by atomic mass is 9.88. The summed E-state index contributed by atoms with van der Waals surface area (Å²) in [5.41, 5.74) is 1.41. The second-order valence-corrected chi connectivity index (χ2v) is 5.19. The number of benzene rings is 1. The van der Waals surface area contributed by atoms with E-state index in [1.165, 1.54) is 18.4 Å². The Bertz CT molecular complexity index is 328. The van der Waals surface area contributed by atoms with Gasteiger partial charge in [0.15, 0.2) is 0 Å². The zero-order valence-corrected chi connectivity index (χ0v) is 11.6. The third-order valence-electron chi connectivity index (χ3n) is 4.02. The molecule has 1 saturated heterocycles. The highest BCUT2D eigenvalue weighted by Gasteiger charge is 2.25. The molecule has 0 aromatic heterocycles. The van der Waals surface area contributed by atoms with Crippen LogP contribution in [0, 0.1) is 5.92 Å². The van der Waals surface area contributed by atoms with Gasteiger partial charge in [-0.15, -0.1) is 0 Å². The Morgan fingerprint density at radius 3 is 2.50 bits per heavy atom. The summed E-state index contributed by atoms with van der Waals surface area (Å²) in [6.45, 7) is 6.35. The Morgan fingerprint density at radius 1 is 1.22 bits per heavy atom. The minimum atomic E-state index is 0.466. The second kappa shape index (κ2) is 6.91. The molecule has 1 N–H and O–H groups in total. The number of rotatable bonds is 6. The van der Waals surface area contributed by atoms with E-state index in [0.29, 0.717) is 18.0 Å². The molecule has 0 saturated carbocycles. The van der Waals surface area contributed by atoms with Gasteiger partial charge in [0.2, 0.25) is 0 Å². The van der Waals surface area contributed by atoms with E-state index in [1.54, 1.807) is 0 Å². The van der Waals surface area contributed by atoms with Crippen LogP contribution in [-0.4, -0.2) is 19.3 Å². The van der Waals surface area contributed by atoms with Gasteiger partial charge in [-0.2, -0.15) is 0 Å². The minimum Gasteiger partial charge on any atom is -0.380 e. The molecule has 2 nitrogen and oxygen atoms in total. The van der Waals surface area contributed by atoms with E-state index in [0.717, 1.165) is 19.6 Å². The van der Waals surface area contributed by atoms with E-state index >= 15 is 0 Å². The van der Waals surface area contributed by atoms with E-state index in [-0.39, 0.29) is 0 Å². The first-order valence-electron chi connectivity index (χ1n) is 7.23. The van der Waals surface area contributed by atoms with Crippen LogP contribution in [0.3, 0.4) is 0 Å². The predicted octanol–water partition coefficient (Wildman–Crippen LogP) is 3.54. The molecule has 1 fully saturated rings. The molecule has 0 amide bonds. The molecule has 100 valence electrons. The first-order chi connectivity index (χ1) is 8.85. The molecule has 1 aliphatic heterocycles. The van der Waals surface area contributed by atoms with Gasteiger partial charge < -0.3 is 10.1 Å². The van der Waals surface area contributed by atoms with Crippen molar-refractivity contribution >= 4 is 0 Å². The zero-order chi connectivity index (χ0) is 12.8. The van der Waals surface area contributed by atoms with Gasteiger partial charge in [-0.25, -0.2) is 0 Å². The van der Waals surface area contributed by atoms with Crippen molar-refractivity contribution in [2.45, 2.75) is 45.2 Å². The predicted molar refractivity (Wildman–Crippen MR) is 75.6 cm³/mol. The van der Waals surface area contributed by atoms with E-state index in [2.05, 4.69) is 49.5 Å². The van der Waals surface area contributed by atoms with Crippen LogP contribution in [0.5, 0.6) is 0 Å². The maximum absolute atomic E-state index is 5.48. The molecule has 0 radical (unpaired) electrons. The van der Waals surface area contributed by atoms with Crippen molar-refractivity contribution < 1.29 is 4.74 Å². The Morgan fingerprint density at radius 2 is 1.94 bits per heavy atom. The topological polar surface area (TPSA) is 21.3 Å². The van der Waals surface area contributed by atoms with Crippen LogP contribution in [0.2, 0.25) is 0 Å². The largest absolute Gasteiger partial charge is 0.380 e. The molecule has 0 bridgehead atoms. The summed E-state index contributed by atoms with van der Waals surface area (Å²) in [5.74, 6) is 0.702. The van der Waals surface area contributed by atoms with Crippen LogP contribution in [0.1, 0.15) is 44.7 Å². The van der Waals surface area contributed by atoms with Gasteiger partial charge in [0.1, 0.15) is 0 Å². The number of ether oxygens (including phenoxy) is 1. The number of hydrogen-bond donors (Lipinski definition) is 1. The summed E-state index contributed by atoms with van der Waals surface area (Å²) in [7, 11) is 0. The van der Waals surface area contributed by atoms with Crippen molar-refractivity contribution in [2.75, 3.05) is 13.2 Å². The molecule has 2 heteroatoms. The van der Waals surface area contributed by atoms with Crippen LogP contribution >= 0.6 is 0 Å². The molecule has 2 atom stereocenters. The monoisotopic (exact) mass is 247 g/mol. The maximum atomic E-state index is 5.48. The quantitative estimate of drug-likeness (QED) is 0.830. The number of nitrogens with one attached hydrogen (secondary N) is 1. The van der Waals surface area contributed by atoms with Gasteiger partial charge in [0.25, 0.3) is 0 Å². The number of hydrogen-bond acceptors (Lipinski definition) is 2. The molecule has 2 unspecified atom stereocenters. The third-order valence-corrected chi connectivity index (χ3v) is 4.02. The smallest absolute Gasteiger partial charge is 0.0620 e. The third kappa shape index (κ3) is 3.33. The SMILES string of the molecule is CCC(CC)C(NC1CCOC1)c1ccccc1. The van der Waals surface area contributed by atoms with Gasteiger partial charge in [-0.05, 0) is 17.9 Å². The molecule has 1 aliphatic rings. The Balaban J connectivity index is 2.11. The molecular weight excluding hydrogens is 222 g/mol. The fourth-order valence-corrected chi connectivity index (χ4v) is 2.84. The average Bonchev–Trinajstić information content (AvgIpc) is 2.93. The van der Waals surface area contributed by atoms with Crippen LogP contribution in [-0.2, 0) is 4.74 Å². The lowest BCUT2D eigenvalue weighted by molar-refractivity contribution is 0.184. The highest BCUT2D eigenvalue weighted by Crippen LogP contribution is 2.28. The minimum absolute atomic E-state index is 0.466. The first-order valence-corrected chi connectivity index (χ1v) is 7.23. The van der Waals surface area contributed by atoms with Gasteiger partial charge in [-0.1, -0.05) is 57.0 Å². The summed E-state index contributed by atoms with van der Waals surface area (Å²) in [4.78, 5) is 0. The molecule has 2 rings (SSSR count). The van der Waals surface area contributed by atoms with Gasteiger partial charge in [0.05, 0.1) is 6.61 Å². The second-order valence-electron chi connectivity index (χ2n) is 5.19. The summed E-state index contributed by atoms with van der Waals surface area (Å²) < 4.78 is 5.48. The van der Waals surface area contributed by atoms with E-state index in [4.69, 9.17) is 4.74 Å². The fraction of sp³-hybridized carbons (Fsp3) is 0.625. The molecule has 1 heterocycles. The van der Waals surface area contributed by atoms with Crippen molar-refractivity contribution in [1.29, 1.82) is 0 Å². The van der Waals surface area contributed by atoms with Crippen molar-refractivity contribution in [3.63, 3.8) is 0 Å². The lowest BCUT2D eigenvalue weighted by Gasteiger charge is -2.29. The van der Waals surface area contributed by atoms with Crippen molar-refractivity contribution in [1.82, 2.24) is 5.32 Å². The van der Waals surface area contributed by atoms with E-state index in [9.17, 15) is 0 Å². The van der Waals surface area contributed by atoms with Gasteiger partial charge >= 0.3 is 0 Å². The lowest BCUT2D eigenvalue weighted by Crippen LogP contribution is -2.36. The Kier molecular flexibility index (Phi) is 5.21. The van der Waals surface area contributed by atoms with Gasteiger partial charge in [-0.3, -0.25) is 0 Å². The van der Waals surface area contributed by atoms with Crippen LogP contribution in [0.25, 0.3) is 0 Å². The summed E-state index contributed by atoms with van der Waals surface area (Å²) in [6.07, 6.45) is 3.58. The molecule has 1 aromatic carbocycles. The average molecular weight is 247 g/mol. The zero-order valence-electron chi connectivity index (χ0n) is 11.6. The van der Waals surface area contributed by atoms with E-state index in [1.807, 2.05) is 0 Å². The highest BCUT2D eigenvalue weighted by atomic mass is 16.5. The van der Waals surface area contributed by atoms with Crippen LogP contribution < -0.4 is 5.32 Å². The standard InChI is InChI=1S/C16H25NO/c1-3-13(4-2)16(14-8-6-5-7-9-14)17-15-10-11-18-12-15/h5-9,13,15-17H,3-4,10-12H2,1-2H3. The molecule has 1 aromatic rings. The molecular formula is C16H25NO.